The van der Waals surface area contributed by atoms with Crippen LogP contribution in [0, 0.1) is 0 Å². The molecule has 31 heavy (non-hydrogen) atoms. The summed E-state index contributed by atoms with van der Waals surface area (Å²) in [7, 11) is -3.36. The van der Waals surface area contributed by atoms with Crippen molar-refractivity contribution >= 4 is 27.3 Å². The van der Waals surface area contributed by atoms with Crippen molar-refractivity contribution in [2.24, 2.45) is 0 Å². The number of sulfonamides is 1. The second-order valence-corrected chi connectivity index (χ2v) is 9.89. The molecule has 5 heterocycles. The number of nitrogens with zero attached hydrogens (tertiary/aromatic N) is 5. The highest BCUT2D eigenvalue weighted by Gasteiger charge is 2.28. The number of alkyl halides is 1. The van der Waals surface area contributed by atoms with Gasteiger partial charge in [-0.25, -0.2) is 27.8 Å². The van der Waals surface area contributed by atoms with Crippen molar-refractivity contribution in [2.45, 2.75) is 31.5 Å². The fraction of sp³-hybridized carbons (Fsp3) is 0.450. The van der Waals surface area contributed by atoms with Crippen molar-refractivity contribution in [3.8, 4) is 11.4 Å². The molecule has 2 N–H and O–H groups in total. The van der Waals surface area contributed by atoms with E-state index in [9.17, 15) is 12.8 Å². The van der Waals surface area contributed by atoms with E-state index in [1.165, 1.54) is 4.31 Å². The van der Waals surface area contributed by atoms with Crippen LogP contribution in [0.4, 0.5) is 16.0 Å². The molecule has 5 rings (SSSR count). The fourth-order valence-electron chi connectivity index (χ4n) is 4.06. The molecule has 0 saturated carbocycles. The van der Waals surface area contributed by atoms with E-state index in [0.29, 0.717) is 61.1 Å². The number of anilines is 2. The molecule has 3 aromatic heterocycles. The first-order valence-electron chi connectivity index (χ1n) is 10.4. The van der Waals surface area contributed by atoms with E-state index >= 15 is 0 Å². The van der Waals surface area contributed by atoms with Gasteiger partial charge in [-0.3, -0.25) is 8.71 Å². The standard InChI is InChI=1S/C20H24FN7O2S/c21-14-6-7-22-10-16(14)26-18-5-3-4-15(25-18)17-11-23-19-12-24-20(13-27(17)19)28-8-1-2-9-31(28,29)30/h3-5,11-14,16,22H,1-2,6-10H2,(H,25,26)/t14-,16-/m0/s1. The summed E-state index contributed by atoms with van der Waals surface area (Å²) in [5.74, 6) is 1.08. The van der Waals surface area contributed by atoms with Crippen LogP contribution in [0.2, 0.25) is 0 Å². The van der Waals surface area contributed by atoms with Gasteiger partial charge in [0.15, 0.2) is 11.5 Å². The third-order valence-corrected chi connectivity index (χ3v) is 7.58. The number of rotatable bonds is 4. The van der Waals surface area contributed by atoms with Gasteiger partial charge in [0.1, 0.15) is 12.0 Å². The lowest BCUT2D eigenvalue weighted by Gasteiger charge is -2.28. The average molecular weight is 446 g/mol. The Balaban J connectivity index is 1.48. The molecule has 0 unspecified atom stereocenters. The maximum atomic E-state index is 14.2. The lowest BCUT2D eigenvalue weighted by Crippen LogP contribution is -2.46. The first-order valence-corrected chi connectivity index (χ1v) is 12.0. The number of aromatic nitrogens is 4. The Labute approximate surface area is 179 Å². The number of hydrogen-bond donors (Lipinski definition) is 2. The van der Waals surface area contributed by atoms with Gasteiger partial charge in [0, 0.05) is 13.1 Å². The first kappa shape index (κ1) is 20.1. The minimum Gasteiger partial charge on any atom is -0.363 e. The molecule has 0 radical (unpaired) electrons. The number of imidazole rings is 1. The molecule has 0 aliphatic carbocycles. The zero-order valence-electron chi connectivity index (χ0n) is 16.9. The number of hydrogen-bond acceptors (Lipinski definition) is 7. The predicted molar refractivity (Wildman–Crippen MR) is 116 cm³/mol. The van der Waals surface area contributed by atoms with Crippen LogP contribution in [0.1, 0.15) is 19.3 Å². The lowest BCUT2D eigenvalue weighted by atomic mass is 10.1. The van der Waals surface area contributed by atoms with Crippen molar-refractivity contribution in [3.63, 3.8) is 0 Å². The second-order valence-electron chi connectivity index (χ2n) is 7.88. The molecule has 0 amide bonds. The van der Waals surface area contributed by atoms with E-state index in [4.69, 9.17) is 0 Å². The summed E-state index contributed by atoms with van der Waals surface area (Å²) in [6.45, 7) is 1.64. The Bertz CT molecular complexity index is 1200. The second kappa shape index (κ2) is 8.04. The molecule has 3 aromatic rings. The summed E-state index contributed by atoms with van der Waals surface area (Å²) in [6, 6.07) is 5.17. The average Bonchev–Trinajstić information content (AvgIpc) is 3.18. The van der Waals surface area contributed by atoms with Gasteiger partial charge >= 0.3 is 0 Å². The molecule has 11 heteroatoms. The van der Waals surface area contributed by atoms with E-state index in [0.717, 1.165) is 6.42 Å². The molecule has 2 atom stereocenters. The normalized spacial score (nSPS) is 23.7. The Morgan fingerprint density at radius 1 is 1.19 bits per heavy atom. The fourth-order valence-corrected chi connectivity index (χ4v) is 5.64. The zero-order chi connectivity index (χ0) is 21.4. The molecule has 2 aliphatic heterocycles. The quantitative estimate of drug-likeness (QED) is 0.631. The van der Waals surface area contributed by atoms with Crippen molar-refractivity contribution in [1.29, 1.82) is 0 Å². The van der Waals surface area contributed by atoms with Crippen LogP contribution < -0.4 is 14.9 Å². The number of piperidine rings is 1. The predicted octanol–water partition coefficient (Wildman–Crippen LogP) is 1.83. The number of halogens is 1. The van der Waals surface area contributed by atoms with Crippen LogP contribution in [-0.2, 0) is 10.0 Å². The number of nitrogens with one attached hydrogen (secondary N) is 2. The largest absolute Gasteiger partial charge is 0.363 e. The van der Waals surface area contributed by atoms with Crippen LogP contribution in [0.5, 0.6) is 0 Å². The van der Waals surface area contributed by atoms with E-state index in [1.807, 2.05) is 12.1 Å². The Kier molecular flexibility index (Phi) is 5.22. The topological polar surface area (TPSA) is 105 Å². The Morgan fingerprint density at radius 3 is 2.94 bits per heavy atom. The van der Waals surface area contributed by atoms with E-state index in [1.54, 1.807) is 29.1 Å². The van der Waals surface area contributed by atoms with Crippen molar-refractivity contribution in [3.05, 3.63) is 36.8 Å². The maximum Gasteiger partial charge on any atom is 0.236 e. The molecular formula is C20H24FN7O2S. The molecule has 164 valence electrons. The summed E-state index contributed by atoms with van der Waals surface area (Å²) in [5, 5.41) is 6.37. The molecule has 0 spiro atoms. The van der Waals surface area contributed by atoms with E-state index in [-0.39, 0.29) is 11.8 Å². The summed E-state index contributed by atoms with van der Waals surface area (Å²) >= 11 is 0. The zero-order valence-corrected chi connectivity index (χ0v) is 17.7. The van der Waals surface area contributed by atoms with E-state index in [2.05, 4.69) is 25.6 Å². The smallest absolute Gasteiger partial charge is 0.236 e. The van der Waals surface area contributed by atoms with Gasteiger partial charge < -0.3 is 10.6 Å². The molecular weight excluding hydrogens is 421 g/mol. The molecule has 0 bridgehead atoms. The molecule has 2 aliphatic rings. The summed E-state index contributed by atoms with van der Waals surface area (Å²) < 4.78 is 42.3. The van der Waals surface area contributed by atoms with Crippen LogP contribution in [0.3, 0.4) is 0 Å². The van der Waals surface area contributed by atoms with Gasteiger partial charge in [-0.15, -0.1) is 0 Å². The highest BCUT2D eigenvalue weighted by Crippen LogP contribution is 2.26. The van der Waals surface area contributed by atoms with Gasteiger partial charge in [-0.2, -0.15) is 0 Å². The van der Waals surface area contributed by atoms with Crippen LogP contribution in [-0.4, -0.2) is 65.4 Å². The number of fused-ring (bicyclic) bond motifs is 1. The highest BCUT2D eigenvalue weighted by molar-refractivity contribution is 7.92. The molecule has 2 fully saturated rings. The van der Waals surface area contributed by atoms with Crippen LogP contribution in [0.25, 0.3) is 17.0 Å². The summed E-state index contributed by atoms with van der Waals surface area (Å²) in [6.07, 6.45) is 5.94. The monoisotopic (exact) mass is 445 g/mol. The van der Waals surface area contributed by atoms with Crippen molar-refractivity contribution in [2.75, 3.05) is 35.0 Å². The third-order valence-electron chi connectivity index (χ3n) is 5.73. The highest BCUT2D eigenvalue weighted by atomic mass is 32.2. The third kappa shape index (κ3) is 3.94. The van der Waals surface area contributed by atoms with Crippen LogP contribution >= 0.6 is 0 Å². The molecule has 2 saturated heterocycles. The van der Waals surface area contributed by atoms with Gasteiger partial charge in [-0.05, 0) is 37.9 Å². The maximum absolute atomic E-state index is 14.2. The first-order chi connectivity index (χ1) is 15.0. The SMILES string of the molecule is O=S1(=O)CCCCN1c1cn2c(-c3cccc(N[C@H]4CNCC[C@@H]4F)n3)cnc2cn1. The lowest BCUT2D eigenvalue weighted by molar-refractivity contribution is 0.241. The van der Waals surface area contributed by atoms with Crippen molar-refractivity contribution in [1.82, 2.24) is 24.7 Å². The number of pyridine rings is 1. The van der Waals surface area contributed by atoms with Crippen LogP contribution in [0.15, 0.2) is 36.8 Å². The van der Waals surface area contributed by atoms with Crippen molar-refractivity contribution < 1.29 is 12.8 Å². The summed E-state index contributed by atoms with van der Waals surface area (Å²) in [5.41, 5.74) is 1.94. The Morgan fingerprint density at radius 2 is 2.10 bits per heavy atom. The van der Waals surface area contributed by atoms with Gasteiger partial charge in [0.25, 0.3) is 0 Å². The van der Waals surface area contributed by atoms with Gasteiger partial charge in [-0.1, -0.05) is 6.07 Å². The molecule has 9 nitrogen and oxygen atoms in total. The summed E-state index contributed by atoms with van der Waals surface area (Å²) in [4.78, 5) is 13.3. The minimum atomic E-state index is -3.36. The van der Waals surface area contributed by atoms with Gasteiger partial charge in [0.2, 0.25) is 10.0 Å². The molecule has 0 aromatic carbocycles. The minimum absolute atomic E-state index is 0.129. The van der Waals surface area contributed by atoms with Gasteiger partial charge in [0.05, 0.1) is 41.8 Å². The Hall–Kier alpha value is -2.79. The van der Waals surface area contributed by atoms with E-state index < -0.39 is 16.2 Å².